The zero-order chi connectivity index (χ0) is 16.0. The second-order valence-corrected chi connectivity index (χ2v) is 4.98. The van der Waals surface area contributed by atoms with Crippen LogP contribution in [0, 0.1) is 12.8 Å². The van der Waals surface area contributed by atoms with E-state index in [2.05, 4.69) is 5.32 Å². The normalized spacial score (nSPS) is 11.6. The van der Waals surface area contributed by atoms with E-state index in [1.807, 2.05) is 26.0 Å². The van der Waals surface area contributed by atoms with E-state index in [4.69, 9.17) is 9.84 Å². The van der Waals surface area contributed by atoms with Gasteiger partial charge in [-0.15, -0.1) is 0 Å². The molecule has 2 N–H and O–H groups in total. The summed E-state index contributed by atoms with van der Waals surface area (Å²) < 4.78 is 5.49. The number of aliphatic carboxylic acids is 1. The molecule has 1 aromatic rings. The molecule has 0 spiro atoms. The molecule has 0 aromatic heterocycles. The van der Waals surface area contributed by atoms with Crippen LogP contribution in [0.25, 0.3) is 0 Å². The Balaban J connectivity index is 2.76. The smallest absolute Gasteiger partial charge is 0.321 e. The van der Waals surface area contributed by atoms with Gasteiger partial charge in [0.15, 0.2) is 0 Å². The van der Waals surface area contributed by atoms with Gasteiger partial charge in [0, 0.05) is 13.6 Å². The molecule has 0 radical (unpaired) electrons. The number of hydrogen-bond acceptors (Lipinski definition) is 3. The number of carbonyl (C=O) groups is 2. The maximum atomic E-state index is 12.1. The quantitative estimate of drug-likeness (QED) is 0.845. The van der Waals surface area contributed by atoms with E-state index in [0.29, 0.717) is 18.0 Å². The van der Waals surface area contributed by atoms with Gasteiger partial charge in [-0.3, -0.25) is 4.79 Å². The highest BCUT2D eigenvalue weighted by atomic mass is 16.5. The van der Waals surface area contributed by atoms with Crippen LogP contribution in [0.15, 0.2) is 18.2 Å². The highest BCUT2D eigenvalue weighted by molar-refractivity contribution is 5.91. The summed E-state index contributed by atoms with van der Waals surface area (Å²) in [4.78, 5) is 24.2. The van der Waals surface area contributed by atoms with E-state index in [0.717, 1.165) is 5.56 Å². The number of aryl methyl sites for hydroxylation is 1. The van der Waals surface area contributed by atoms with Crippen molar-refractivity contribution in [2.45, 2.75) is 20.8 Å². The minimum absolute atomic E-state index is 0.136. The highest BCUT2D eigenvalue weighted by Gasteiger charge is 2.18. The zero-order valence-corrected chi connectivity index (χ0v) is 12.8. The lowest BCUT2D eigenvalue weighted by Gasteiger charge is -2.21. The number of carbonyl (C=O) groups excluding carboxylic acids is 1. The summed E-state index contributed by atoms with van der Waals surface area (Å²) in [5, 5.41) is 11.6. The Hall–Kier alpha value is -2.24. The zero-order valence-electron chi connectivity index (χ0n) is 12.8. The number of ether oxygens (including phenoxy) is 1. The van der Waals surface area contributed by atoms with E-state index >= 15 is 0 Å². The number of rotatable bonds is 6. The Morgan fingerprint density at radius 1 is 1.43 bits per heavy atom. The first-order valence-corrected chi connectivity index (χ1v) is 6.83. The third-order valence-corrected chi connectivity index (χ3v) is 2.99. The minimum atomic E-state index is -0.931. The molecular formula is C15H22N2O4. The summed E-state index contributed by atoms with van der Waals surface area (Å²) in [5.41, 5.74) is 1.60. The number of amides is 2. The van der Waals surface area contributed by atoms with Gasteiger partial charge in [-0.1, -0.05) is 13.0 Å². The van der Waals surface area contributed by atoms with Gasteiger partial charge in [0.05, 0.1) is 18.2 Å². The van der Waals surface area contributed by atoms with Crippen molar-refractivity contribution in [1.29, 1.82) is 0 Å². The molecule has 0 aliphatic carbocycles. The van der Waals surface area contributed by atoms with Crippen molar-refractivity contribution in [3.8, 4) is 5.75 Å². The summed E-state index contributed by atoms with van der Waals surface area (Å²) in [5.74, 6) is -0.948. The molecule has 2 amide bonds. The van der Waals surface area contributed by atoms with Crippen molar-refractivity contribution < 1.29 is 19.4 Å². The number of carboxylic acids is 1. The van der Waals surface area contributed by atoms with Crippen LogP contribution >= 0.6 is 0 Å². The first-order chi connectivity index (χ1) is 9.85. The van der Waals surface area contributed by atoms with Crippen molar-refractivity contribution >= 4 is 17.7 Å². The van der Waals surface area contributed by atoms with Gasteiger partial charge in [0.1, 0.15) is 5.75 Å². The monoisotopic (exact) mass is 294 g/mol. The summed E-state index contributed by atoms with van der Waals surface area (Å²) in [6.07, 6.45) is 0. The Bertz CT molecular complexity index is 516. The maximum absolute atomic E-state index is 12.1. The minimum Gasteiger partial charge on any atom is -0.492 e. The summed E-state index contributed by atoms with van der Waals surface area (Å²) >= 11 is 0. The second kappa shape index (κ2) is 7.52. The molecule has 0 aliphatic rings. The molecule has 1 rings (SSSR count). The Labute approximate surface area is 124 Å². The van der Waals surface area contributed by atoms with Gasteiger partial charge in [-0.2, -0.15) is 0 Å². The van der Waals surface area contributed by atoms with Crippen LogP contribution < -0.4 is 10.1 Å². The third-order valence-electron chi connectivity index (χ3n) is 2.99. The topological polar surface area (TPSA) is 78.9 Å². The molecule has 6 nitrogen and oxygen atoms in total. The molecule has 0 heterocycles. The van der Waals surface area contributed by atoms with Crippen molar-refractivity contribution in [1.82, 2.24) is 4.90 Å². The van der Waals surface area contributed by atoms with Gasteiger partial charge < -0.3 is 20.1 Å². The molecule has 116 valence electrons. The fraction of sp³-hybridized carbons (Fsp3) is 0.467. The number of nitrogens with one attached hydrogen (secondary N) is 1. The molecular weight excluding hydrogens is 272 g/mol. The van der Waals surface area contributed by atoms with E-state index < -0.39 is 11.9 Å². The van der Waals surface area contributed by atoms with E-state index in [1.54, 1.807) is 20.0 Å². The Kier molecular flexibility index (Phi) is 6.02. The standard InChI is InChI=1S/C15H22N2O4/c1-5-21-13-8-10(2)6-7-12(13)16-15(20)17(4)9-11(3)14(18)19/h6-8,11H,5,9H2,1-4H3,(H,16,20)(H,18,19). The predicted octanol–water partition coefficient (Wildman–Crippen LogP) is 2.58. The summed E-state index contributed by atoms with van der Waals surface area (Å²) in [6, 6.07) is 5.12. The molecule has 1 atom stereocenters. The van der Waals surface area contributed by atoms with Crippen molar-refractivity contribution in [3.63, 3.8) is 0 Å². The van der Waals surface area contributed by atoms with Crippen LogP contribution in [0.2, 0.25) is 0 Å². The number of benzene rings is 1. The van der Waals surface area contributed by atoms with Gasteiger partial charge in [0.2, 0.25) is 0 Å². The Morgan fingerprint density at radius 3 is 2.67 bits per heavy atom. The Morgan fingerprint density at radius 2 is 2.10 bits per heavy atom. The van der Waals surface area contributed by atoms with Crippen LogP contribution in [0.5, 0.6) is 5.75 Å². The fourth-order valence-corrected chi connectivity index (χ4v) is 1.79. The maximum Gasteiger partial charge on any atom is 0.321 e. The molecule has 0 saturated carbocycles. The number of urea groups is 1. The van der Waals surface area contributed by atoms with Crippen LogP contribution in [0.3, 0.4) is 0 Å². The van der Waals surface area contributed by atoms with Crippen LogP contribution in [0.4, 0.5) is 10.5 Å². The highest BCUT2D eigenvalue weighted by Crippen LogP contribution is 2.26. The molecule has 1 aromatic carbocycles. The van der Waals surface area contributed by atoms with Crippen LogP contribution in [-0.4, -0.2) is 42.2 Å². The molecule has 0 aliphatic heterocycles. The lowest BCUT2D eigenvalue weighted by molar-refractivity contribution is -0.141. The lowest BCUT2D eigenvalue weighted by atomic mass is 10.2. The molecule has 21 heavy (non-hydrogen) atoms. The average Bonchev–Trinajstić information content (AvgIpc) is 2.41. The van der Waals surface area contributed by atoms with E-state index in [9.17, 15) is 9.59 Å². The van der Waals surface area contributed by atoms with Gasteiger partial charge in [-0.05, 0) is 31.5 Å². The molecule has 6 heteroatoms. The predicted molar refractivity (Wildman–Crippen MR) is 80.8 cm³/mol. The third kappa shape index (κ3) is 4.98. The van der Waals surface area contributed by atoms with Crippen LogP contribution in [0.1, 0.15) is 19.4 Å². The average molecular weight is 294 g/mol. The van der Waals surface area contributed by atoms with E-state index in [1.165, 1.54) is 4.90 Å². The van der Waals surface area contributed by atoms with Gasteiger partial charge >= 0.3 is 12.0 Å². The first kappa shape index (κ1) is 16.8. The first-order valence-electron chi connectivity index (χ1n) is 6.83. The van der Waals surface area contributed by atoms with Gasteiger partial charge in [-0.25, -0.2) is 4.79 Å². The number of anilines is 1. The fourth-order valence-electron chi connectivity index (χ4n) is 1.79. The molecule has 0 fully saturated rings. The number of nitrogens with zero attached hydrogens (tertiary/aromatic N) is 1. The molecule has 1 unspecified atom stereocenters. The van der Waals surface area contributed by atoms with Crippen LogP contribution in [-0.2, 0) is 4.79 Å². The lowest BCUT2D eigenvalue weighted by Crippen LogP contribution is -2.36. The van der Waals surface area contributed by atoms with Crippen molar-refractivity contribution in [3.05, 3.63) is 23.8 Å². The van der Waals surface area contributed by atoms with Crippen molar-refractivity contribution in [2.75, 3.05) is 25.5 Å². The largest absolute Gasteiger partial charge is 0.492 e. The number of carboxylic acid groups (broad SMARTS) is 1. The second-order valence-electron chi connectivity index (χ2n) is 4.98. The molecule has 0 saturated heterocycles. The van der Waals surface area contributed by atoms with E-state index in [-0.39, 0.29) is 12.6 Å². The summed E-state index contributed by atoms with van der Waals surface area (Å²) in [6.45, 7) is 6.00. The molecule has 0 bridgehead atoms. The number of hydrogen-bond donors (Lipinski definition) is 2. The van der Waals surface area contributed by atoms with Crippen molar-refractivity contribution in [2.24, 2.45) is 5.92 Å². The van der Waals surface area contributed by atoms with Gasteiger partial charge in [0.25, 0.3) is 0 Å². The summed E-state index contributed by atoms with van der Waals surface area (Å²) in [7, 11) is 1.56. The SMILES string of the molecule is CCOc1cc(C)ccc1NC(=O)N(C)CC(C)C(=O)O.